The number of rotatable bonds is 8. The number of hydrogen-bond donors (Lipinski definition) is 3. The molecule has 0 saturated heterocycles. The highest BCUT2D eigenvalue weighted by molar-refractivity contribution is 7.85. The first-order valence-electron chi connectivity index (χ1n) is 6.66. The van der Waals surface area contributed by atoms with Crippen molar-refractivity contribution >= 4 is 22.0 Å². The van der Waals surface area contributed by atoms with E-state index in [1.165, 1.54) is 0 Å². The zero-order chi connectivity index (χ0) is 15.2. The second-order valence-corrected chi connectivity index (χ2v) is 7.02. The third-order valence-electron chi connectivity index (χ3n) is 3.63. The topological polar surface area (TPSA) is 121 Å². The van der Waals surface area contributed by atoms with Crippen molar-refractivity contribution in [3.05, 3.63) is 0 Å². The van der Waals surface area contributed by atoms with Crippen molar-refractivity contribution in [1.82, 2.24) is 5.32 Å². The zero-order valence-electron chi connectivity index (χ0n) is 11.3. The van der Waals surface area contributed by atoms with E-state index in [9.17, 15) is 18.0 Å². The van der Waals surface area contributed by atoms with Gasteiger partial charge in [-0.25, -0.2) is 0 Å². The monoisotopic (exact) mass is 307 g/mol. The zero-order valence-corrected chi connectivity index (χ0v) is 12.1. The van der Waals surface area contributed by atoms with E-state index in [1.54, 1.807) is 0 Å². The third-order valence-corrected chi connectivity index (χ3v) is 4.43. The summed E-state index contributed by atoms with van der Waals surface area (Å²) in [6, 6.07) is 0. The van der Waals surface area contributed by atoms with Crippen LogP contribution in [0, 0.1) is 5.41 Å². The van der Waals surface area contributed by atoms with Gasteiger partial charge in [0.15, 0.2) is 0 Å². The van der Waals surface area contributed by atoms with Gasteiger partial charge in [0.2, 0.25) is 5.91 Å². The molecule has 0 aromatic carbocycles. The van der Waals surface area contributed by atoms with Crippen LogP contribution < -0.4 is 5.32 Å². The predicted octanol–water partition coefficient (Wildman–Crippen LogP) is 0.806. The maximum Gasteiger partial charge on any atom is 0.303 e. The fraction of sp³-hybridized carbons (Fsp3) is 0.833. The van der Waals surface area contributed by atoms with Crippen molar-refractivity contribution < 1.29 is 27.7 Å². The minimum absolute atomic E-state index is 0.00849. The van der Waals surface area contributed by atoms with Crippen LogP contribution in [0.4, 0.5) is 0 Å². The third kappa shape index (κ3) is 6.33. The van der Waals surface area contributed by atoms with Gasteiger partial charge < -0.3 is 10.4 Å². The number of hydrogen-bond acceptors (Lipinski definition) is 4. The van der Waals surface area contributed by atoms with E-state index in [0.29, 0.717) is 0 Å². The van der Waals surface area contributed by atoms with Crippen LogP contribution in [0.2, 0.25) is 0 Å². The molecule has 3 N–H and O–H groups in total. The van der Waals surface area contributed by atoms with Crippen molar-refractivity contribution in [3.8, 4) is 0 Å². The molecule has 0 aromatic heterocycles. The molecule has 0 spiro atoms. The van der Waals surface area contributed by atoms with Gasteiger partial charge in [0.25, 0.3) is 10.1 Å². The summed E-state index contributed by atoms with van der Waals surface area (Å²) in [4.78, 5) is 22.7. The van der Waals surface area contributed by atoms with Gasteiger partial charge in [0.1, 0.15) is 0 Å². The van der Waals surface area contributed by atoms with Crippen LogP contribution in [0.5, 0.6) is 0 Å². The number of carboxylic acids is 1. The van der Waals surface area contributed by atoms with Gasteiger partial charge in [0.05, 0.1) is 12.2 Å². The number of nitrogens with one attached hydrogen (secondary N) is 1. The van der Waals surface area contributed by atoms with Gasteiger partial charge in [-0.2, -0.15) is 8.42 Å². The molecule has 0 aliphatic heterocycles. The summed E-state index contributed by atoms with van der Waals surface area (Å²) in [5.41, 5.74) is -0.459. The molecule has 0 unspecified atom stereocenters. The molecule has 0 aromatic rings. The van der Waals surface area contributed by atoms with Gasteiger partial charge in [-0.15, -0.1) is 0 Å². The van der Waals surface area contributed by atoms with Gasteiger partial charge in [0, 0.05) is 13.0 Å². The molecule has 7 nitrogen and oxygen atoms in total. The minimum atomic E-state index is -4.00. The Morgan fingerprint density at radius 1 is 1.15 bits per heavy atom. The van der Waals surface area contributed by atoms with E-state index in [-0.39, 0.29) is 31.7 Å². The highest BCUT2D eigenvalue weighted by Gasteiger charge is 2.37. The molecule has 116 valence electrons. The molecule has 1 aliphatic rings. The van der Waals surface area contributed by atoms with Gasteiger partial charge >= 0.3 is 5.97 Å². The van der Waals surface area contributed by atoms with Crippen LogP contribution in [0.25, 0.3) is 0 Å². The number of carboxylic acid groups (broad SMARTS) is 1. The fourth-order valence-corrected chi connectivity index (χ4v) is 3.26. The number of amides is 1. The number of carbonyl (C=O) groups excluding carboxylic acids is 1. The molecule has 1 saturated carbocycles. The highest BCUT2D eigenvalue weighted by atomic mass is 32.2. The average molecular weight is 307 g/mol. The van der Waals surface area contributed by atoms with Crippen LogP contribution in [-0.2, 0) is 19.7 Å². The lowest BCUT2D eigenvalue weighted by atomic mass is 9.79. The number of aliphatic carboxylic acids is 1. The van der Waals surface area contributed by atoms with Crippen molar-refractivity contribution in [1.29, 1.82) is 0 Å². The lowest BCUT2D eigenvalue weighted by Crippen LogP contribution is -2.33. The summed E-state index contributed by atoms with van der Waals surface area (Å²) in [5.74, 6) is -1.55. The molecule has 0 heterocycles. The fourth-order valence-electron chi connectivity index (χ4n) is 2.75. The molecule has 0 bridgehead atoms. The van der Waals surface area contributed by atoms with E-state index >= 15 is 0 Å². The van der Waals surface area contributed by atoms with E-state index < -0.39 is 27.3 Å². The lowest BCUT2D eigenvalue weighted by Gasteiger charge is -2.26. The van der Waals surface area contributed by atoms with E-state index in [2.05, 4.69) is 5.32 Å². The summed E-state index contributed by atoms with van der Waals surface area (Å²) in [6.07, 6.45) is 3.62. The second-order valence-electron chi connectivity index (χ2n) is 5.44. The maximum absolute atomic E-state index is 11.8. The molecular formula is C12H21NO6S. The van der Waals surface area contributed by atoms with Crippen LogP contribution in [0.1, 0.15) is 44.9 Å². The lowest BCUT2D eigenvalue weighted by molar-refractivity contribution is -0.140. The molecule has 0 radical (unpaired) electrons. The van der Waals surface area contributed by atoms with Gasteiger partial charge in [-0.3, -0.25) is 14.1 Å². The Balaban J connectivity index is 2.37. The van der Waals surface area contributed by atoms with Crippen LogP contribution >= 0.6 is 0 Å². The van der Waals surface area contributed by atoms with E-state index in [1.807, 2.05) is 0 Å². The first kappa shape index (κ1) is 16.9. The molecule has 20 heavy (non-hydrogen) atoms. The molecule has 8 heteroatoms. The highest BCUT2D eigenvalue weighted by Crippen LogP contribution is 2.43. The average Bonchev–Trinajstić information content (AvgIpc) is 2.70. The Kier molecular flexibility index (Phi) is 5.94. The molecular weight excluding hydrogens is 286 g/mol. The van der Waals surface area contributed by atoms with Crippen LogP contribution in [0.15, 0.2) is 0 Å². The standard InChI is InChI=1S/C12H21NO6S/c14-10(13-6-3-7-20(17,18)19)8-12(9-11(15)16)4-1-2-5-12/h1-9H2,(H,13,14)(H,15,16)(H,17,18,19). The Labute approximate surface area is 118 Å². The predicted molar refractivity (Wildman–Crippen MR) is 71.8 cm³/mol. The van der Waals surface area contributed by atoms with Gasteiger partial charge in [-0.1, -0.05) is 12.8 Å². The van der Waals surface area contributed by atoms with E-state index in [0.717, 1.165) is 25.7 Å². The summed E-state index contributed by atoms with van der Waals surface area (Å²) >= 11 is 0. The quantitative estimate of drug-likeness (QED) is 0.450. The molecule has 1 amide bonds. The largest absolute Gasteiger partial charge is 0.481 e. The SMILES string of the molecule is O=C(O)CC1(CC(=O)NCCCS(=O)(=O)O)CCCC1. The Bertz CT molecular complexity index is 453. The van der Waals surface area contributed by atoms with Crippen molar-refractivity contribution in [2.24, 2.45) is 5.41 Å². The first-order valence-corrected chi connectivity index (χ1v) is 8.27. The molecule has 1 rings (SSSR count). The Hall–Kier alpha value is -1.15. The Morgan fingerprint density at radius 3 is 2.25 bits per heavy atom. The van der Waals surface area contributed by atoms with Gasteiger partial charge in [-0.05, 0) is 24.7 Å². The minimum Gasteiger partial charge on any atom is -0.481 e. The second kappa shape index (κ2) is 7.03. The smallest absolute Gasteiger partial charge is 0.303 e. The van der Waals surface area contributed by atoms with Crippen LogP contribution in [-0.4, -0.2) is 42.3 Å². The van der Waals surface area contributed by atoms with E-state index in [4.69, 9.17) is 9.66 Å². The number of carbonyl (C=O) groups is 2. The summed E-state index contributed by atoms with van der Waals surface area (Å²) < 4.78 is 29.6. The summed E-state index contributed by atoms with van der Waals surface area (Å²) in [5, 5.41) is 11.5. The van der Waals surface area contributed by atoms with Crippen molar-refractivity contribution in [3.63, 3.8) is 0 Å². The summed E-state index contributed by atoms with van der Waals surface area (Å²) in [6.45, 7) is 0.155. The normalized spacial score (nSPS) is 17.9. The van der Waals surface area contributed by atoms with Crippen molar-refractivity contribution in [2.45, 2.75) is 44.9 Å². The molecule has 0 atom stereocenters. The molecule has 1 aliphatic carbocycles. The Morgan fingerprint density at radius 2 is 1.75 bits per heavy atom. The summed E-state index contributed by atoms with van der Waals surface area (Å²) in [7, 11) is -4.00. The van der Waals surface area contributed by atoms with Crippen LogP contribution in [0.3, 0.4) is 0 Å². The maximum atomic E-state index is 11.8. The molecule has 1 fully saturated rings. The first-order chi connectivity index (χ1) is 9.22. The van der Waals surface area contributed by atoms with Crippen molar-refractivity contribution in [2.75, 3.05) is 12.3 Å².